The third kappa shape index (κ3) is 6.68. The summed E-state index contributed by atoms with van der Waals surface area (Å²) in [6.07, 6.45) is 4.91. The van der Waals surface area contributed by atoms with E-state index in [0.717, 1.165) is 46.6 Å². The van der Waals surface area contributed by atoms with Gasteiger partial charge in [0, 0.05) is 48.3 Å². The number of anilines is 5. The van der Waals surface area contributed by atoms with Crippen LogP contribution in [-0.4, -0.2) is 48.8 Å². The summed E-state index contributed by atoms with van der Waals surface area (Å²) in [6, 6.07) is 20.6. The van der Waals surface area contributed by atoms with Gasteiger partial charge in [0.05, 0.1) is 12.0 Å². The second-order valence-electron chi connectivity index (χ2n) is 11.3. The van der Waals surface area contributed by atoms with E-state index in [1.54, 1.807) is 37.6 Å². The monoisotopic (exact) mass is 612 g/mol. The van der Waals surface area contributed by atoms with Crippen LogP contribution in [0.15, 0.2) is 77.8 Å². The molecule has 0 aliphatic carbocycles. The van der Waals surface area contributed by atoms with Crippen molar-refractivity contribution in [1.82, 2.24) is 14.3 Å². The number of piperidine rings is 1. The number of sulfonamides is 1. The topological polar surface area (TPSA) is 126 Å². The lowest BCUT2D eigenvalue weighted by Gasteiger charge is -2.31. The van der Waals surface area contributed by atoms with Gasteiger partial charge in [0.15, 0.2) is 0 Å². The minimum absolute atomic E-state index is 0.0659. The number of rotatable bonds is 6. The first kappa shape index (κ1) is 29.6. The van der Waals surface area contributed by atoms with E-state index in [4.69, 9.17) is 4.74 Å². The number of hydrogen-bond donors (Lipinski definition) is 3. The first-order valence-electron chi connectivity index (χ1n) is 14.8. The van der Waals surface area contributed by atoms with Gasteiger partial charge < -0.3 is 20.7 Å². The fraction of sp³-hybridized carbons (Fsp3) is 0.303. The molecule has 10 nitrogen and oxygen atoms in total. The Kier molecular flexibility index (Phi) is 8.49. The predicted molar refractivity (Wildman–Crippen MR) is 171 cm³/mol. The zero-order valence-corrected chi connectivity index (χ0v) is 25.7. The van der Waals surface area contributed by atoms with E-state index >= 15 is 0 Å². The Morgan fingerprint density at radius 3 is 2.55 bits per heavy atom. The summed E-state index contributed by atoms with van der Waals surface area (Å²) in [6.45, 7) is 2.73. The van der Waals surface area contributed by atoms with E-state index in [0.29, 0.717) is 49.9 Å². The molecule has 4 aromatic rings. The number of ether oxygens (including phenoxy) is 1. The normalized spacial score (nSPS) is 15.5. The van der Waals surface area contributed by atoms with Crippen LogP contribution in [0.25, 0.3) is 0 Å². The lowest BCUT2D eigenvalue weighted by molar-refractivity contribution is -0.117. The molecule has 6 rings (SSSR count). The molecule has 3 heterocycles. The maximum atomic E-state index is 13.2. The molecule has 0 atom stereocenters. The molecule has 11 heteroatoms. The molecule has 0 unspecified atom stereocenters. The van der Waals surface area contributed by atoms with Gasteiger partial charge >= 0.3 is 0 Å². The molecule has 228 valence electrons. The molecule has 1 amide bonds. The molecule has 1 fully saturated rings. The molecule has 0 radical (unpaired) electrons. The van der Waals surface area contributed by atoms with Crippen LogP contribution in [0.1, 0.15) is 36.0 Å². The van der Waals surface area contributed by atoms with Crippen LogP contribution in [-0.2, 0) is 27.7 Å². The second kappa shape index (κ2) is 12.6. The van der Waals surface area contributed by atoms with E-state index in [1.807, 2.05) is 31.2 Å². The molecule has 2 aliphatic heterocycles. The number of carbonyl (C=O) groups excluding carboxylic acids is 1. The number of carbonyl (C=O) groups is 1. The Morgan fingerprint density at radius 1 is 1.00 bits per heavy atom. The van der Waals surface area contributed by atoms with Crippen molar-refractivity contribution in [2.24, 2.45) is 5.92 Å². The number of benzene rings is 3. The first-order valence-corrected chi connectivity index (χ1v) is 16.2. The maximum absolute atomic E-state index is 13.2. The highest BCUT2D eigenvalue weighted by atomic mass is 32.2. The average Bonchev–Trinajstić information content (AvgIpc) is 3.03. The number of hydrogen-bond acceptors (Lipinski definition) is 8. The van der Waals surface area contributed by atoms with Crippen molar-refractivity contribution < 1.29 is 17.9 Å². The molecule has 1 saturated heterocycles. The SMILES string of the molecule is COc1ccc(S(=O)(=O)N2CCC(CC(=O)Nc3ccc4cc3CCc3cccc(c3)Nc3ncc(C)c(n3)N4)CC2)cc1. The third-order valence-corrected chi connectivity index (χ3v) is 10.1. The number of fused-ring (bicyclic) bond motifs is 6. The van der Waals surface area contributed by atoms with Crippen molar-refractivity contribution in [3.8, 4) is 5.75 Å². The summed E-state index contributed by atoms with van der Waals surface area (Å²) in [5, 5.41) is 9.86. The predicted octanol–water partition coefficient (Wildman–Crippen LogP) is 5.81. The van der Waals surface area contributed by atoms with E-state index in [1.165, 1.54) is 4.31 Å². The quantitative estimate of drug-likeness (QED) is 0.249. The molecule has 44 heavy (non-hydrogen) atoms. The number of nitrogens with one attached hydrogen (secondary N) is 3. The van der Waals surface area contributed by atoms with Crippen molar-refractivity contribution >= 4 is 44.8 Å². The first-order chi connectivity index (χ1) is 21.3. The molecule has 0 spiro atoms. The van der Waals surface area contributed by atoms with Crippen LogP contribution >= 0.6 is 0 Å². The van der Waals surface area contributed by atoms with Gasteiger partial charge in [0.1, 0.15) is 11.6 Å². The van der Waals surface area contributed by atoms with E-state index in [-0.39, 0.29) is 16.7 Å². The van der Waals surface area contributed by atoms with Crippen molar-refractivity contribution in [2.75, 3.05) is 36.1 Å². The van der Waals surface area contributed by atoms with Crippen LogP contribution in [0.5, 0.6) is 5.75 Å². The van der Waals surface area contributed by atoms with Crippen molar-refractivity contribution in [2.45, 2.75) is 43.9 Å². The number of amides is 1. The van der Waals surface area contributed by atoms with Gasteiger partial charge in [-0.25, -0.2) is 13.4 Å². The standard InChI is InChI=1S/C33H36N6O4S/c1-22-21-34-33-36-26-5-3-4-23(18-26)6-7-25-20-27(35-32(22)38-33)8-13-30(25)37-31(40)19-24-14-16-39(17-15-24)44(41,42)29-11-9-28(43-2)10-12-29/h3-5,8-13,18,20-21,24H,6-7,14-17,19H2,1-2H3,(H,37,40)(H2,34,35,36,38). The number of nitrogens with zero attached hydrogens (tertiary/aromatic N) is 3. The number of aromatic nitrogens is 2. The summed E-state index contributed by atoms with van der Waals surface area (Å²) in [7, 11) is -2.05. The smallest absolute Gasteiger partial charge is 0.243 e. The molecule has 2 aliphatic rings. The zero-order valence-electron chi connectivity index (χ0n) is 24.8. The Labute approximate surface area is 257 Å². The molecule has 1 aromatic heterocycles. The van der Waals surface area contributed by atoms with Crippen LogP contribution in [0.4, 0.5) is 28.8 Å². The Hall–Kier alpha value is -4.48. The van der Waals surface area contributed by atoms with Gasteiger partial charge in [0.25, 0.3) is 0 Å². The Balaban J connectivity index is 1.13. The van der Waals surface area contributed by atoms with Gasteiger partial charge in [-0.15, -0.1) is 0 Å². The van der Waals surface area contributed by atoms with Crippen molar-refractivity contribution in [3.63, 3.8) is 0 Å². The van der Waals surface area contributed by atoms with Crippen molar-refractivity contribution in [1.29, 1.82) is 0 Å². The van der Waals surface area contributed by atoms with Crippen LogP contribution in [0.3, 0.4) is 0 Å². The summed E-state index contributed by atoms with van der Waals surface area (Å²) < 4.78 is 32.9. The number of aryl methyl sites for hydroxylation is 3. The Morgan fingerprint density at radius 2 is 1.77 bits per heavy atom. The average molecular weight is 613 g/mol. The lowest BCUT2D eigenvalue weighted by Crippen LogP contribution is -2.39. The minimum atomic E-state index is -3.59. The zero-order chi connectivity index (χ0) is 30.7. The molecule has 0 saturated carbocycles. The van der Waals surface area contributed by atoms with Crippen LogP contribution in [0, 0.1) is 12.8 Å². The fourth-order valence-corrected chi connectivity index (χ4v) is 7.16. The van der Waals surface area contributed by atoms with Crippen molar-refractivity contribution in [3.05, 3.63) is 89.6 Å². The van der Waals surface area contributed by atoms with E-state index < -0.39 is 10.0 Å². The summed E-state index contributed by atoms with van der Waals surface area (Å²) in [4.78, 5) is 22.6. The van der Waals surface area contributed by atoms with E-state index in [2.05, 4.69) is 44.1 Å². The van der Waals surface area contributed by atoms with E-state index in [9.17, 15) is 13.2 Å². The third-order valence-electron chi connectivity index (χ3n) is 8.22. The largest absolute Gasteiger partial charge is 0.497 e. The maximum Gasteiger partial charge on any atom is 0.243 e. The molecular formula is C33H36N6O4S. The molecular weight excluding hydrogens is 576 g/mol. The highest BCUT2D eigenvalue weighted by Crippen LogP contribution is 2.30. The Bertz CT molecular complexity index is 1770. The molecule has 6 bridgehead atoms. The van der Waals surface area contributed by atoms with Crippen LogP contribution < -0.4 is 20.7 Å². The molecule has 3 N–H and O–H groups in total. The van der Waals surface area contributed by atoms with Gasteiger partial charge in [-0.1, -0.05) is 12.1 Å². The summed E-state index contributed by atoms with van der Waals surface area (Å²) >= 11 is 0. The van der Waals surface area contributed by atoms with Gasteiger partial charge in [-0.3, -0.25) is 4.79 Å². The molecule has 3 aromatic carbocycles. The van der Waals surface area contributed by atoms with Crippen LogP contribution in [0.2, 0.25) is 0 Å². The summed E-state index contributed by atoms with van der Waals surface area (Å²) in [5.41, 5.74) is 5.67. The highest BCUT2D eigenvalue weighted by molar-refractivity contribution is 7.89. The lowest BCUT2D eigenvalue weighted by atomic mass is 9.94. The van der Waals surface area contributed by atoms with Gasteiger partial charge in [-0.05, 0) is 104 Å². The van der Waals surface area contributed by atoms with Gasteiger partial charge in [0.2, 0.25) is 21.9 Å². The second-order valence-corrected chi connectivity index (χ2v) is 13.3. The number of methoxy groups -OCH3 is 1. The minimum Gasteiger partial charge on any atom is -0.497 e. The fourth-order valence-electron chi connectivity index (χ4n) is 5.69. The summed E-state index contributed by atoms with van der Waals surface area (Å²) in [5.74, 6) is 1.87. The van der Waals surface area contributed by atoms with Gasteiger partial charge in [-0.2, -0.15) is 9.29 Å². The highest BCUT2D eigenvalue weighted by Gasteiger charge is 2.30.